The lowest BCUT2D eigenvalue weighted by Crippen LogP contribution is -2.14. The standard InChI is InChI=1S/C9H6BrFN2O/c10-8-5-12-9(14)13(8)7-3-1-6(11)2-4-7/h1-5H,(H,12,14). The van der Waals surface area contributed by atoms with Crippen LogP contribution in [0.5, 0.6) is 0 Å². The summed E-state index contributed by atoms with van der Waals surface area (Å²) in [6.07, 6.45) is 1.53. The molecule has 1 aromatic carbocycles. The molecule has 0 aliphatic rings. The Hall–Kier alpha value is -1.36. The van der Waals surface area contributed by atoms with Gasteiger partial charge in [0.1, 0.15) is 10.4 Å². The van der Waals surface area contributed by atoms with E-state index < -0.39 is 0 Å². The first-order valence-corrected chi connectivity index (χ1v) is 4.69. The summed E-state index contributed by atoms with van der Waals surface area (Å²) in [4.78, 5) is 13.8. The molecule has 0 atom stereocenters. The highest BCUT2D eigenvalue weighted by Gasteiger charge is 2.05. The second-order valence-corrected chi connectivity index (χ2v) is 3.54. The average Bonchev–Trinajstić information content (AvgIpc) is 2.49. The van der Waals surface area contributed by atoms with Gasteiger partial charge in [-0.2, -0.15) is 0 Å². The van der Waals surface area contributed by atoms with Gasteiger partial charge in [0.05, 0.1) is 5.69 Å². The molecule has 0 aliphatic heterocycles. The van der Waals surface area contributed by atoms with Crippen molar-refractivity contribution in [2.24, 2.45) is 0 Å². The van der Waals surface area contributed by atoms with Gasteiger partial charge in [-0.25, -0.2) is 9.18 Å². The zero-order chi connectivity index (χ0) is 10.1. The summed E-state index contributed by atoms with van der Waals surface area (Å²) >= 11 is 3.21. The maximum Gasteiger partial charge on any atom is 0.331 e. The van der Waals surface area contributed by atoms with Gasteiger partial charge in [-0.3, -0.25) is 4.57 Å². The predicted octanol–water partition coefficient (Wildman–Crippen LogP) is 2.07. The molecule has 2 aromatic rings. The van der Waals surface area contributed by atoms with Gasteiger partial charge < -0.3 is 4.98 Å². The molecular weight excluding hydrogens is 251 g/mol. The molecule has 1 aromatic heterocycles. The average molecular weight is 257 g/mol. The fraction of sp³-hybridized carbons (Fsp3) is 0. The van der Waals surface area contributed by atoms with Crippen LogP contribution in [0.3, 0.4) is 0 Å². The Morgan fingerprint density at radius 2 is 1.93 bits per heavy atom. The van der Waals surface area contributed by atoms with Gasteiger partial charge in [-0.1, -0.05) is 0 Å². The minimum atomic E-state index is -0.326. The third-order valence-electron chi connectivity index (χ3n) is 1.82. The molecule has 72 valence electrons. The Bertz CT molecular complexity index is 500. The number of H-pyrrole nitrogens is 1. The quantitative estimate of drug-likeness (QED) is 0.834. The van der Waals surface area contributed by atoms with Crippen LogP contribution >= 0.6 is 15.9 Å². The number of aromatic nitrogens is 2. The van der Waals surface area contributed by atoms with Crippen LogP contribution in [0.2, 0.25) is 0 Å². The van der Waals surface area contributed by atoms with E-state index in [0.29, 0.717) is 10.3 Å². The summed E-state index contributed by atoms with van der Waals surface area (Å²) in [7, 11) is 0. The van der Waals surface area contributed by atoms with Crippen molar-refractivity contribution in [1.82, 2.24) is 9.55 Å². The maximum atomic E-state index is 12.6. The molecule has 0 spiro atoms. The molecule has 2 rings (SSSR count). The number of halogens is 2. The summed E-state index contributed by atoms with van der Waals surface area (Å²) in [5.74, 6) is -0.326. The summed E-state index contributed by atoms with van der Waals surface area (Å²) in [6.45, 7) is 0. The van der Waals surface area contributed by atoms with Crippen molar-refractivity contribution in [3.8, 4) is 5.69 Å². The van der Waals surface area contributed by atoms with Crippen LogP contribution < -0.4 is 5.69 Å². The smallest absolute Gasteiger partial charge is 0.311 e. The van der Waals surface area contributed by atoms with Crippen molar-refractivity contribution in [1.29, 1.82) is 0 Å². The van der Waals surface area contributed by atoms with Crippen LogP contribution in [0.4, 0.5) is 4.39 Å². The minimum Gasteiger partial charge on any atom is -0.311 e. The summed E-state index contributed by atoms with van der Waals surface area (Å²) in [5.41, 5.74) is 0.355. The predicted molar refractivity (Wildman–Crippen MR) is 54.0 cm³/mol. The molecule has 0 amide bonds. The van der Waals surface area contributed by atoms with Crippen molar-refractivity contribution in [2.75, 3.05) is 0 Å². The van der Waals surface area contributed by atoms with Crippen molar-refractivity contribution in [3.05, 3.63) is 51.4 Å². The summed E-state index contributed by atoms with van der Waals surface area (Å²) in [5, 5.41) is 0. The highest BCUT2D eigenvalue weighted by atomic mass is 79.9. The van der Waals surface area contributed by atoms with Crippen molar-refractivity contribution in [2.45, 2.75) is 0 Å². The lowest BCUT2D eigenvalue weighted by atomic mass is 10.3. The summed E-state index contributed by atoms with van der Waals surface area (Å²) < 4.78 is 14.6. The van der Waals surface area contributed by atoms with E-state index in [1.807, 2.05) is 0 Å². The number of nitrogens with zero attached hydrogens (tertiary/aromatic N) is 1. The number of imidazole rings is 1. The molecule has 0 saturated carbocycles. The molecule has 1 N–H and O–H groups in total. The zero-order valence-electron chi connectivity index (χ0n) is 7.00. The van der Waals surface area contributed by atoms with Gasteiger partial charge in [-0.15, -0.1) is 0 Å². The van der Waals surface area contributed by atoms with Crippen LogP contribution in [-0.4, -0.2) is 9.55 Å². The Labute approximate surface area is 87.3 Å². The topological polar surface area (TPSA) is 37.8 Å². The van der Waals surface area contributed by atoms with Crippen LogP contribution in [0.1, 0.15) is 0 Å². The molecule has 0 aliphatic carbocycles. The Kier molecular flexibility index (Phi) is 2.25. The van der Waals surface area contributed by atoms with Gasteiger partial charge in [-0.05, 0) is 40.2 Å². The first-order chi connectivity index (χ1) is 6.68. The second kappa shape index (κ2) is 3.42. The fourth-order valence-electron chi connectivity index (χ4n) is 1.18. The molecular formula is C9H6BrFN2O. The van der Waals surface area contributed by atoms with E-state index in [1.54, 1.807) is 0 Å². The summed E-state index contributed by atoms with van der Waals surface area (Å²) in [6, 6.07) is 5.69. The number of rotatable bonds is 1. The molecule has 0 radical (unpaired) electrons. The van der Waals surface area contributed by atoms with E-state index in [9.17, 15) is 9.18 Å². The molecule has 5 heteroatoms. The van der Waals surface area contributed by atoms with E-state index in [4.69, 9.17) is 0 Å². The highest BCUT2D eigenvalue weighted by Crippen LogP contribution is 2.13. The van der Waals surface area contributed by atoms with E-state index in [1.165, 1.54) is 35.0 Å². The maximum absolute atomic E-state index is 12.6. The van der Waals surface area contributed by atoms with Crippen molar-refractivity contribution in [3.63, 3.8) is 0 Å². The third-order valence-corrected chi connectivity index (χ3v) is 2.40. The number of nitrogens with one attached hydrogen (secondary N) is 1. The van der Waals surface area contributed by atoms with Gasteiger partial charge in [0.15, 0.2) is 0 Å². The second-order valence-electron chi connectivity index (χ2n) is 2.73. The van der Waals surface area contributed by atoms with E-state index in [-0.39, 0.29) is 11.5 Å². The normalized spacial score (nSPS) is 10.4. The van der Waals surface area contributed by atoms with Crippen LogP contribution in [-0.2, 0) is 0 Å². The van der Waals surface area contributed by atoms with E-state index in [0.717, 1.165) is 0 Å². The van der Waals surface area contributed by atoms with E-state index in [2.05, 4.69) is 20.9 Å². The van der Waals surface area contributed by atoms with Crippen LogP contribution in [0.25, 0.3) is 5.69 Å². The lowest BCUT2D eigenvalue weighted by molar-refractivity contribution is 0.627. The number of hydrogen-bond acceptors (Lipinski definition) is 1. The lowest BCUT2D eigenvalue weighted by Gasteiger charge is -2.01. The molecule has 3 nitrogen and oxygen atoms in total. The number of benzene rings is 1. The largest absolute Gasteiger partial charge is 0.331 e. The van der Waals surface area contributed by atoms with E-state index >= 15 is 0 Å². The van der Waals surface area contributed by atoms with Gasteiger partial charge in [0, 0.05) is 6.20 Å². The zero-order valence-corrected chi connectivity index (χ0v) is 8.58. The van der Waals surface area contributed by atoms with Crippen LogP contribution in [0.15, 0.2) is 39.9 Å². The third kappa shape index (κ3) is 1.50. The Balaban J connectivity index is 2.60. The minimum absolute atomic E-state index is 0.261. The Morgan fingerprint density at radius 1 is 1.29 bits per heavy atom. The number of hydrogen-bond donors (Lipinski definition) is 1. The molecule has 0 bridgehead atoms. The first-order valence-electron chi connectivity index (χ1n) is 3.90. The SMILES string of the molecule is O=c1[nH]cc(Br)n1-c1ccc(F)cc1. The van der Waals surface area contributed by atoms with Gasteiger partial charge >= 0.3 is 5.69 Å². The van der Waals surface area contributed by atoms with Crippen molar-refractivity contribution < 1.29 is 4.39 Å². The molecule has 0 unspecified atom stereocenters. The fourth-order valence-corrected chi connectivity index (χ4v) is 1.66. The highest BCUT2D eigenvalue weighted by molar-refractivity contribution is 9.10. The molecule has 0 saturated heterocycles. The van der Waals surface area contributed by atoms with Crippen molar-refractivity contribution >= 4 is 15.9 Å². The van der Waals surface area contributed by atoms with Gasteiger partial charge in [0.2, 0.25) is 0 Å². The van der Waals surface area contributed by atoms with Gasteiger partial charge in [0.25, 0.3) is 0 Å². The first kappa shape index (κ1) is 9.21. The van der Waals surface area contributed by atoms with Crippen LogP contribution in [0, 0.1) is 5.82 Å². The number of aromatic amines is 1. The molecule has 1 heterocycles. The monoisotopic (exact) mass is 256 g/mol. The Morgan fingerprint density at radius 3 is 2.43 bits per heavy atom. The molecule has 14 heavy (non-hydrogen) atoms. The molecule has 0 fully saturated rings.